The van der Waals surface area contributed by atoms with E-state index in [1.54, 1.807) is 0 Å². The fourth-order valence-corrected chi connectivity index (χ4v) is 2.39. The van der Waals surface area contributed by atoms with Crippen molar-refractivity contribution >= 4 is 34.2 Å². The number of aromatic amines is 1. The molecule has 9 heteroatoms. The summed E-state index contributed by atoms with van der Waals surface area (Å²) in [6.07, 6.45) is 0. The molecule has 1 aliphatic rings. The summed E-state index contributed by atoms with van der Waals surface area (Å²) in [4.78, 5) is 16.3. The highest BCUT2D eigenvalue weighted by Gasteiger charge is 2.21. The van der Waals surface area contributed by atoms with Gasteiger partial charge in [-0.1, -0.05) is 28.1 Å². The molecule has 1 atom stereocenters. The number of aromatic nitrogens is 3. The van der Waals surface area contributed by atoms with Crippen LogP contribution in [-0.2, 0) is 16.1 Å². The molecule has 23 heavy (non-hydrogen) atoms. The van der Waals surface area contributed by atoms with E-state index in [0.29, 0.717) is 38.0 Å². The SMILES string of the molecule is Cl.O=C(NCc1nc(-c2ccc(Br)cc2)n[nH]1)C1COCCN1. The van der Waals surface area contributed by atoms with Crippen molar-refractivity contribution in [3.05, 3.63) is 34.6 Å². The lowest BCUT2D eigenvalue weighted by molar-refractivity contribution is -0.126. The molecule has 2 aromatic rings. The van der Waals surface area contributed by atoms with Crippen LogP contribution < -0.4 is 10.6 Å². The summed E-state index contributed by atoms with van der Waals surface area (Å²) >= 11 is 3.39. The maximum Gasteiger partial charge on any atom is 0.239 e. The molecule has 2 heterocycles. The monoisotopic (exact) mass is 401 g/mol. The van der Waals surface area contributed by atoms with Gasteiger partial charge in [-0.15, -0.1) is 12.4 Å². The third-order valence-corrected chi connectivity index (χ3v) is 3.83. The molecule has 0 aliphatic carbocycles. The fraction of sp³-hybridized carbons (Fsp3) is 0.357. The van der Waals surface area contributed by atoms with Crippen LogP contribution in [0.25, 0.3) is 11.4 Å². The van der Waals surface area contributed by atoms with E-state index in [4.69, 9.17) is 4.74 Å². The number of H-pyrrole nitrogens is 1. The number of hydrogen-bond donors (Lipinski definition) is 3. The Bertz CT molecular complexity index is 643. The second-order valence-electron chi connectivity index (χ2n) is 4.91. The zero-order valence-electron chi connectivity index (χ0n) is 12.2. The van der Waals surface area contributed by atoms with E-state index in [0.717, 1.165) is 10.0 Å². The first-order valence-corrected chi connectivity index (χ1v) is 7.78. The number of rotatable bonds is 4. The van der Waals surface area contributed by atoms with Crippen molar-refractivity contribution < 1.29 is 9.53 Å². The first kappa shape index (κ1) is 17.9. The molecule has 1 fully saturated rings. The molecule has 1 saturated heterocycles. The van der Waals surface area contributed by atoms with Crippen molar-refractivity contribution in [3.8, 4) is 11.4 Å². The number of nitrogens with zero attached hydrogens (tertiary/aromatic N) is 2. The highest BCUT2D eigenvalue weighted by atomic mass is 79.9. The van der Waals surface area contributed by atoms with Crippen molar-refractivity contribution in [2.75, 3.05) is 19.8 Å². The summed E-state index contributed by atoms with van der Waals surface area (Å²) in [5, 5.41) is 12.9. The van der Waals surface area contributed by atoms with Gasteiger partial charge in [0.05, 0.1) is 19.8 Å². The summed E-state index contributed by atoms with van der Waals surface area (Å²) in [6, 6.07) is 7.42. The summed E-state index contributed by atoms with van der Waals surface area (Å²) in [5.41, 5.74) is 0.916. The molecule has 0 saturated carbocycles. The first-order chi connectivity index (χ1) is 10.7. The minimum Gasteiger partial charge on any atom is -0.378 e. The second-order valence-corrected chi connectivity index (χ2v) is 5.83. The lowest BCUT2D eigenvalue weighted by Gasteiger charge is -2.22. The van der Waals surface area contributed by atoms with E-state index in [9.17, 15) is 4.79 Å². The lowest BCUT2D eigenvalue weighted by atomic mass is 10.2. The smallest absolute Gasteiger partial charge is 0.239 e. The molecule has 1 amide bonds. The van der Waals surface area contributed by atoms with Crippen LogP contribution in [0.3, 0.4) is 0 Å². The average molecular weight is 403 g/mol. The standard InChI is InChI=1S/C14H16BrN5O2.ClH/c15-10-3-1-9(2-4-10)13-18-12(19-20-13)7-17-14(21)11-8-22-6-5-16-11;/h1-4,11,16H,5-8H2,(H,17,21)(H,18,19,20);1H. The number of benzene rings is 1. The summed E-state index contributed by atoms with van der Waals surface area (Å²) in [6.45, 7) is 2.03. The van der Waals surface area contributed by atoms with Gasteiger partial charge in [0, 0.05) is 16.6 Å². The number of carbonyl (C=O) groups is 1. The van der Waals surface area contributed by atoms with E-state index < -0.39 is 0 Å². The quantitative estimate of drug-likeness (QED) is 0.716. The number of halogens is 2. The van der Waals surface area contributed by atoms with Crippen LogP contribution in [0.4, 0.5) is 0 Å². The van der Waals surface area contributed by atoms with E-state index in [2.05, 4.69) is 41.7 Å². The van der Waals surface area contributed by atoms with Crippen LogP contribution in [0.5, 0.6) is 0 Å². The molecule has 3 rings (SSSR count). The Morgan fingerprint density at radius 2 is 2.17 bits per heavy atom. The molecular formula is C14H17BrClN5O2. The van der Waals surface area contributed by atoms with Crippen LogP contribution in [0, 0.1) is 0 Å². The molecule has 3 N–H and O–H groups in total. The Labute approximate surface area is 148 Å². The molecule has 1 aliphatic heterocycles. The predicted octanol–water partition coefficient (Wildman–Crippen LogP) is 1.26. The van der Waals surface area contributed by atoms with E-state index in [1.165, 1.54) is 0 Å². The van der Waals surface area contributed by atoms with Crippen molar-refractivity contribution in [2.24, 2.45) is 0 Å². The number of carbonyl (C=O) groups excluding carboxylic acids is 1. The summed E-state index contributed by atoms with van der Waals surface area (Å²) in [5.74, 6) is 1.13. The highest BCUT2D eigenvalue weighted by molar-refractivity contribution is 9.10. The number of nitrogens with one attached hydrogen (secondary N) is 3. The Kier molecular flexibility index (Phi) is 6.52. The molecule has 0 radical (unpaired) electrons. The van der Waals surface area contributed by atoms with Gasteiger partial charge in [-0.25, -0.2) is 4.98 Å². The molecule has 7 nitrogen and oxygen atoms in total. The van der Waals surface area contributed by atoms with Crippen LogP contribution >= 0.6 is 28.3 Å². The molecule has 1 unspecified atom stereocenters. The van der Waals surface area contributed by atoms with Crippen LogP contribution in [0.2, 0.25) is 0 Å². The predicted molar refractivity (Wildman–Crippen MR) is 91.2 cm³/mol. The van der Waals surface area contributed by atoms with Crippen LogP contribution in [0.15, 0.2) is 28.7 Å². The van der Waals surface area contributed by atoms with Gasteiger partial charge >= 0.3 is 0 Å². The Hall–Kier alpha value is -1.48. The van der Waals surface area contributed by atoms with Crippen molar-refractivity contribution in [3.63, 3.8) is 0 Å². The number of ether oxygens (including phenoxy) is 1. The van der Waals surface area contributed by atoms with Gasteiger partial charge in [0.1, 0.15) is 11.9 Å². The summed E-state index contributed by atoms with van der Waals surface area (Å²) < 4.78 is 6.27. The zero-order chi connectivity index (χ0) is 15.4. The largest absolute Gasteiger partial charge is 0.378 e. The van der Waals surface area contributed by atoms with Gasteiger partial charge in [-0.3, -0.25) is 9.89 Å². The molecule has 0 spiro atoms. The fourth-order valence-electron chi connectivity index (χ4n) is 2.13. The average Bonchev–Trinajstić information content (AvgIpc) is 3.03. The number of hydrogen-bond acceptors (Lipinski definition) is 5. The Morgan fingerprint density at radius 3 is 2.87 bits per heavy atom. The first-order valence-electron chi connectivity index (χ1n) is 6.98. The van der Waals surface area contributed by atoms with E-state index >= 15 is 0 Å². The molecular weight excluding hydrogens is 386 g/mol. The zero-order valence-corrected chi connectivity index (χ0v) is 14.6. The van der Waals surface area contributed by atoms with Crippen molar-refractivity contribution in [1.82, 2.24) is 25.8 Å². The van der Waals surface area contributed by atoms with Gasteiger partial charge in [-0.2, -0.15) is 5.10 Å². The summed E-state index contributed by atoms with van der Waals surface area (Å²) in [7, 11) is 0. The molecule has 0 bridgehead atoms. The molecule has 1 aromatic heterocycles. The minimum absolute atomic E-state index is 0. The Morgan fingerprint density at radius 1 is 1.39 bits per heavy atom. The van der Waals surface area contributed by atoms with Crippen LogP contribution in [0.1, 0.15) is 5.82 Å². The maximum atomic E-state index is 12.0. The Balaban J connectivity index is 0.00000192. The third-order valence-electron chi connectivity index (χ3n) is 3.30. The molecule has 1 aromatic carbocycles. The van der Waals surface area contributed by atoms with Crippen molar-refractivity contribution in [1.29, 1.82) is 0 Å². The van der Waals surface area contributed by atoms with Gasteiger partial charge in [0.25, 0.3) is 0 Å². The lowest BCUT2D eigenvalue weighted by Crippen LogP contribution is -2.51. The topological polar surface area (TPSA) is 91.9 Å². The second kappa shape index (κ2) is 8.39. The van der Waals surface area contributed by atoms with Gasteiger partial charge < -0.3 is 15.4 Å². The van der Waals surface area contributed by atoms with E-state index in [1.807, 2.05) is 24.3 Å². The minimum atomic E-state index is -0.303. The van der Waals surface area contributed by atoms with Gasteiger partial charge in [0.15, 0.2) is 5.82 Å². The third kappa shape index (κ3) is 4.74. The van der Waals surface area contributed by atoms with E-state index in [-0.39, 0.29) is 24.4 Å². The van der Waals surface area contributed by atoms with Crippen LogP contribution in [-0.4, -0.2) is 46.9 Å². The number of morpholine rings is 1. The van der Waals surface area contributed by atoms with Gasteiger partial charge in [-0.05, 0) is 12.1 Å². The highest BCUT2D eigenvalue weighted by Crippen LogP contribution is 2.18. The number of amides is 1. The molecule has 124 valence electrons. The maximum absolute atomic E-state index is 12.0. The normalized spacial score (nSPS) is 17.3. The van der Waals surface area contributed by atoms with Crippen molar-refractivity contribution in [2.45, 2.75) is 12.6 Å². The van der Waals surface area contributed by atoms with Gasteiger partial charge in [0.2, 0.25) is 5.91 Å².